The normalized spacial score (nSPS) is 11.3. The van der Waals surface area contributed by atoms with Gasteiger partial charge in [0.25, 0.3) is 0 Å². The molecule has 308 valence electrons. The van der Waals surface area contributed by atoms with Crippen molar-refractivity contribution in [3.8, 4) is 34.4 Å². The van der Waals surface area contributed by atoms with Crippen LogP contribution >= 0.6 is 0 Å². The number of furan rings is 2. The van der Waals surface area contributed by atoms with Crippen LogP contribution in [-0.4, -0.2) is 0 Å². The molecule has 6 nitrogen and oxygen atoms in total. The average Bonchev–Trinajstić information content (AvgIpc) is 3.92. The van der Waals surface area contributed by atoms with E-state index in [9.17, 15) is 10.5 Å². The van der Waals surface area contributed by atoms with Gasteiger partial charge in [-0.25, -0.2) is 0 Å². The van der Waals surface area contributed by atoms with Gasteiger partial charge >= 0.3 is 0 Å². The van der Waals surface area contributed by atoms with E-state index in [1.807, 2.05) is 84.9 Å². The number of benzene rings is 10. The number of hydrogen-bond donors (Lipinski definition) is 0. The monoisotopic (exact) mass is 844 g/mol. The van der Waals surface area contributed by atoms with E-state index in [1.54, 1.807) is 0 Å². The molecule has 0 N–H and O–H groups in total. The Bertz CT molecular complexity index is 3640. The first-order valence-corrected chi connectivity index (χ1v) is 21.7. The molecule has 12 rings (SSSR count). The fraction of sp³-hybridized carbons (Fsp3) is 0. The molecule has 0 aliphatic carbocycles. The summed E-state index contributed by atoms with van der Waals surface area (Å²) >= 11 is 0. The van der Waals surface area contributed by atoms with Gasteiger partial charge in [-0.1, -0.05) is 97.1 Å². The summed E-state index contributed by atoms with van der Waals surface area (Å²) in [5, 5.41) is 25.8. The van der Waals surface area contributed by atoms with Crippen molar-refractivity contribution in [1.82, 2.24) is 0 Å². The summed E-state index contributed by atoms with van der Waals surface area (Å²) in [6, 6.07) is 78.9. The third-order valence-electron chi connectivity index (χ3n) is 12.4. The molecular weight excluding hydrogens is 809 g/mol. The van der Waals surface area contributed by atoms with E-state index in [2.05, 4.69) is 155 Å². The zero-order chi connectivity index (χ0) is 44.1. The lowest BCUT2D eigenvalue weighted by Gasteiger charge is -2.25. The molecule has 0 saturated heterocycles. The van der Waals surface area contributed by atoms with Crippen molar-refractivity contribution in [1.29, 1.82) is 10.5 Å². The quantitative estimate of drug-likeness (QED) is 0.152. The summed E-state index contributed by atoms with van der Waals surface area (Å²) in [4.78, 5) is 4.32. The standard InChI is InChI=1S/C60H36N4O2/c61-37-39-9-7-15-49(29-39)63(47-21-17-43(18-22-47)41-11-3-1-4-12-41)51-25-27-53-55-31-45-34-58-56(32-46(45)33-57(55)65-59(53)35-51)54-28-26-52(36-60(54)66-58)64(50-16-8-10-40(30-50)38-62)48-23-19-44(20-24-48)42-13-5-2-6-14-42/h1-36H. The Morgan fingerprint density at radius 2 is 0.652 bits per heavy atom. The molecular formula is C60H36N4O2. The molecule has 10 aromatic carbocycles. The first kappa shape index (κ1) is 38.3. The number of rotatable bonds is 8. The van der Waals surface area contributed by atoms with E-state index >= 15 is 0 Å². The van der Waals surface area contributed by atoms with Crippen molar-refractivity contribution in [3.05, 3.63) is 230 Å². The van der Waals surface area contributed by atoms with E-state index < -0.39 is 0 Å². The fourth-order valence-electron chi connectivity index (χ4n) is 9.24. The number of hydrogen-bond acceptors (Lipinski definition) is 6. The van der Waals surface area contributed by atoms with Gasteiger partial charge in [-0.05, 0) is 142 Å². The predicted octanol–water partition coefficient (Wildman–Crippen LogP) is 16.7. The second kappa shape index (κ2) is 15.8. The predicted molar refractivity (Wildman–Crippen MR) is 268 cm³/mol. The van der Waals surface area contributed by atoms with Gasteiger partial charge in [0.05, 0.1) is 23.3 Å². The average molecular weight is 845 g/mol. The van der Waals surface area contributed by atoms with Crippen LogP contribution in [0.4, 0.5) is 34.1 Å². The van der Waals surface area contributed by atoms with Crippen LogP contribution in [0.25, 0.3) is 76.9 Å². The van der Waals surface area contributed by atoms with Crippen LogP contribution in [0.3, 0.4) is 0 Å². The molecule has 66 heavy (non-hydrogen) atoms. The highest BCUT2D eigenvalue weighted by Gasteiger charge is 2.20. The smallest absolute Gasteiger partial charge is 0.137 e. The molecule has 6 heteroatoms. The molecule has 0 amide bonds. The number of fused-ring (bicyclic) bond motifs is 7. The van der Waals surface area contributed by atoms with E-state index in [4.69, 9.17) is 8.83 Å². The summed E-state index contributed by atoms with van der Waals surface area (Å²) in [7, 11) is 0. The molecule has 2 aromatic heterocycles. The van der Waals surface area contributed by atoms with Crippen LogP contribution in [0.1, 0.15) is 11.1 Å². The molecule has 0 spiro atoms. The summed E-state index contributed by atoms with van der Waals surface area (Å²) < 4.78 is 13.3. The summed E-state index contributed by atoms with van der Waals surface area (Å²) in [6.07, 6.45) is 0. The van der Waals surface area contributed by atoms with Crippen molar-refractivity contribution in [2.45, 2.75) is 0 Å². The summed E-state index contributed by atoms with van der Waals surface area (Å²) in [5.41, 5.74) is 14.4. The largest absolute Gasteiger partial charge is 0.456 e. The van der Waals surface area contributed by atoms with Crippen molar-refractivity contribution < 1.29 is 8.83 Å². The maximum Gasteiger partial charge on any atom is 0.137 e. The second-order valence-electron chi connectivity index (χ2n) is 16.4. The van der Waals surface area contributed by atoms with Gasteiger partial charge in [-0.15, -0.1) is 0 Å². The van der Waals surface area contributed by atoms with Crippen LogP contribution in [-0.2, 0) is 0 Å². The van der Waals surface area contributed by atoms with Crippen LogP contribution in [0.15, 0.2) is 227 Å². The Morgan fingerprint density at radius 1 is 0.288 bits per heavy atom. The highest BCUT2D eigenvalue weighted by atomic mass is 16.3. The maximum absolute atomic E-state index is 9.81. The van der Waals surface area contributed by atoms with E-state index in [-0.39, 0.29) is 0 Å². The van der Waals surface area contributed by atoms with Crippen molar-refractivity contribution in [2.75, 3.05) is 9.80 Å². The van der Waals surface area contributed by atoms with Crippen LogP contribution in [0.5, 0.6) is 0 Å². The summed E-state index contributed by atoms with van der Waals surface area (Å²) in [6.45, 7) is 0. The SMILES string of the molecule is N#Cc1cccc(N(c2ccc(-c3ccccc3)cc2)c2ccc3c(c2)oc2cc4cc5c(cc4cc23)oc2cc(N(c3ccc(-c4ccccc4)cc3)c3cccc(C#N)c3)ccc25)c1. The first-order chi connectivity index (χ1) is 32.6. The van der Waals surface area contributed by atoms with Gasteiger partial charge in [0.15, 0.2) is 0 Å². The lowest BCUT2D eigenvalue weighted by Crippen LogP contribution is -2.10. The van der Waals surface area contributed by atoms with Gasteiger partial charge in [0, 0.05) is 67.8 Å². The highest BCUT2D eigenvalue weighted by molar-refractivity contribution is 6.15. The van der Waals surface area contributed by atoms with Crippen molar-refractivity contribution in [2.24, 2.45) is 0 Å². The lowest BCUT2D eigenvalue weighted by molar-refractivity contribution is 0.668. The van der Waals surface area contributed by atoms with Crippen LogP contribution < -0.4 is 9.80 Å². The molecule has 0 saturated carbocycles. The third-order valence-corrected chi connectivity index (χ3v) is 12.4. The van der Waals surface area contributed by atoms with Gasteiger partial charge in [-0.3, -0.25) is 0 Å². The molecule has 0 fully saturated rings. The van der Waals surface area contributed by atoms with Crippen molar-refractivity contribution >= 4 is 88.8 Å². The highest BCUT2D eigenvalue weighted by Crippen LogP contribution is 2.43. The number of nitrogens with zero attached hydrogens (tertiary/aromatic N) is 4. The third kappa shape index (κ3) is 6.75. The number of nitriles is 2. The first-order valence-electron chi connectivity index (χ1n) is 21.7. The van der Waals surface area contributed by atoms with Crippen LogP contribution in [0.2, 0.25) is 0 Å². The molecule has 0 bridgehead atoms. The minimum atomic E-state index is 0.586. The molecule has 2 heterocycles. The Labute approximate surface area is 380 Å². The van der Waals surface area contributed by atoms with E-state index in [1.165, 1.54) is 0 Å². The van der Waals surface area contributed by atoms with Gasteiger partial charge in [0.2, 0.25) is 0 Å². The molecule has 0 atom stereocenters. The van der Waals surface area contributed by atoms with E-state index in [0.717, 1.165) is 111 Å². The van der Waals surface area contributed by atoms with E-state index in [0.29, 0.717) is 11.1 Å². The second-order valence-corrected chi connectivity index (χ2v) is 16.4. The van der Waals surface area contributed by atoms with Gasteiger partial charge in [0.1, 0.15) is 22.3 Å². The summed E-state index contributed by atoms with van der Waals surface area (Å²) in [5.74, 6) is 0. The molecule has 0 unspecified atom stereocenters. The molecule has 0 aliphatic heterocycles. The zero-order valence-electron chi connectivity index (χ0n) is 35.4. The Balaban J connectivity index is 0.923. The lowest BCUT2D eigenvalue weighted by atomic mass is 10.0. The maximum atomic E-state index is 9.81. The van der Waals surface area contributed by atoms with Gasteiger partial charge in [-0.2, -0.15) is 10.5 Å². The zero-order valence-corrected chi connectivity index (χ0v) is 35.4. The van der Waals surface area contributed by atoms with Crippen molar-refractivity contribution in [3.63, 3.8) is 0 Å². The Morgan fingerprint density at radius 3 is 1.06 bits per heavy atom. The number of anilines is 6. The molecule has 12 aromatic rings. The topological polar surface area (TPSA) is 80.3 Å². The molecule has 0 aliphatic rings. The van der Waals surface area contributed by atoms with Gasteiger partial charge < -0.3 is 18.6 Å². The molecule has 0 radical (unpaired) electrons. The van der Waals surface area contributed by atoms with Crippen LogP contribution in [0, 0.1) is 22.7 Å². The minimum absolute atomic E-state index is 0.586. The fourth-order valence-corrected chi connectivity index (χ4v) is 9.24. The Kier molecular flexibility index (Phi) is 9.16. The Hall–Kier alpha value is -9.36. The minimum Gasteiger partial charge on any atom is -0.456 e.